The molecule has 0 aromatic carbocycles. The highest BCUT2D eigenvalue weighted by atomic mass is 31.2. The number of hydrogen-bond donors (Lipinski definition) is 3. The Balaban J connectivity index is 5.22. The van der Waals surface area contributed by atoms with Crippen molar-refractivity contribution < 1.29 is 80.2 Å². The van der Waals surface area contributed by atoms with Crippen molar-refractivity contribution >= 4 is 39.5 Å². The largest absolute Gasteiger partial charge is 0.472 e. The van der Waals surface area contributed by atoms with Crippen molar-refractivity contribution in [3.8, 4) is 0 Å². The summed E-state index contributed by atoms with van der Waals surface area (Å²) in [6, 6.07) is 0. The van der Waals surface area contributed by atoms with Gasteiger partial charge in [0.25, 0.3) is 0 Å². The second kappa shape index (κ2) is 65.0. The van der Waals surface area contributed by atoms with Crippen LogP contribution in [0.1, 0.15) is 375 Å². The maximum atomic E-state index is 13.1. The third-order valence-electron chi connectivity index (χ3n) is 17.7. The molecule has 0 aliphatic heterocycles. The van der Waals surface area contributed by atoms with Crippen molar-refractivity contribution in [3.63, 3.8) is 0 Å². The van der Waals surface area contributed by atoms with E-state index in [0.29, 0.717) is 25.7 Å². The summed E-state index contributed by atoms with van der Waals surface area (Å²) < 4.78 is 68.4. The minimum Gasteiger partial charge on any atom is -0.462 e. The summed E-state index contributed by atoms with van der Waals surface area (Å²) in [5, 5.41) is 10.6. The molecule has 4 unspecified atom stereocenters. The van der Waals surface area contributed by atoms with Gasteiger partial charge in [0.05, 0.1) is 26.4 Å². The van der Waals surface area contributed by atoms with Crippen LogP contribution in [0.4, 0.5) is 0 Å². The molecule has 0 spiro atoms. The molecule has 0 radical (unpaired) electrons. The van der Waals surface area contributed by atoms with Gasteiger partial charge in [-0.2, -0.15) is 0 Å². The van der Waals surface area contributed by atoms with E-state index in [2.05, 4.69) is 41.5 Å². The SMILES string of the molecule is CCCCCCCCCCCCCCCCCCCCCC(=O)O[C@H](COC(=O)CCCCCCCCCCC(C)CC)COP(=O)(O)OC[C@@H](O)COP(=O)(O)OC[C@@H](COC(=O)CCCCCCCCCCC)OC(=O)CCCCCCCCCCC(C)CC. The smallest absolute Gasteiger partial charge is 0.462 e. The Morgan fingerprint density at radius 3 is 0.772 bits per heavy atom. The highest BCUT2D eigenvalue weighted by Crippen LogP contribution is 2.45. The lowest BCUT2D eigenvalue weighted by Gasteiger charge is -2.21. The van der Waals surface area contributed by atoms with E-state index in [0.717, 1.165) is 102 Å². The zero-order valence-electron chi connectivity index (χ0n) is 59.9. The molecule has 0 aromatic heterocycles. The van der Waals surface area contributed by atoms with E-state index < -0.39 is 97.5 Å². The van der Waals surface area contributed by atoms with Gasteiger partial charge in [-0.1, -0.05) is 324 Å². The van der Waals surface area contributed by atoms with Crippen molar-refractivity contribution in [1.29, 1.82) is 0 Å². The summed E-state index contributed by atoms with van der Waals surface area (Å²) in [6.45, 7) is 9.55. The molecule has 0 aliphatic rings. The Morgan fingerprint density at radius 1 is 0.304 bits per heavy atom. The van der Waals surface area contributed by atoms with Crippen molar-refractivity contribution in [1.82, 2.24) is 0 Å². The van der Waals surface area contributed by atoms with E-state index in [-0.39, 0.29) is 25.7 Å². The molecule has 92 heavy (non-hydrogen) atoms. The minimum atomic E-state index is -4.95. The molecule has 0 aliphatic carbocycles. The number of aliphatic hydroxyl groups is 1. The Bertz CT molecular complexity index is 1790. The van der Waals surface area contributed by atoms with Crippen LogP contribution in [0.25, 0.3) is 0 Å². The maximum absolute atomic E-state index is 13.1. The number of carbonyl (C=O) groups excluding carboxylic acids is 4. The van der Waals surface area contributed by atoms with E-state index >= 15 is 0 Å². The molecule has 546 valence electrons. The third-order valence-corrected chi connectivity index (χ3v) is 19.6. The lowest BCUT2D eigenvalue weighted by atomic mass is 9.99. The van der Waals surface area contributed by atoms with Crippen LogP contribution in [0.2, 0.25) is 0 Å². The van der Waals surface area contributed by atoms with Crippen molar-refractivity contribution in [2.24, 2.45) is 11.8 Å². The molecule has 0 aromatic rings. The second-order valence-corrected chi connectivity index (χ2v) is 29.7. The first-order chi connectivity index (χ1) is 44.4. The molecule has 19 heteroatoms. The number of carbonyl (C=O) groups is 4. The average Bonchev–Trinajstić information content (AvgIpc) is 1.97. The van der Waals surface area contributed by atoms with Crippen LogP contribution in [0, 0.1) is 11.8 Å². The monoisotopic (exact) mass is 1350 g/mol. The molecule has 0 amide bonds. The molecule has 0 saturated carbocycles. The number of phosphoric ester groups is 2. The Hall–Kier alpha value is -1.94. The van der Waals surface area contributed by atoms with Gasteiger partial charge in [0.2, 0.25) is 0 Å². The van der Waals surface area contributed by atoms with Crippen molar-refractivity contribution in [2.75, 3.05) is 39.6 Å². The standard InChI is InChI=1S/C73H142O17P2/c1-7-11-13-15-17-19-20-21-22-23-24-25-26-27-28-30-39-45-51-57-72(77)89-68(62-84-71(76)56-50-44-38-33-31-35-41-47-53-65(5)9-3)63-87-91(79,80)85-59-67(74)60-86-92(81,82)88-64-69(61-83-70(75)55-49-43-37-29-18-16-14-12-8-2)90-73(78)58-52-46-40-34-32-36-42-48-54-66(6)10-4/h65-69,74H,7-64H2,1-6H3,(H,79,80)(H,81,82)/t65?,66?,67-,68-,69-/m1/s1. The fraction of sp³-hybridized carbons (Fsp3) is 0.945. The topological polar surface area (TPSA) is 237 Å². The van der Waals surface area contributed by atoms with Gasteiger partial charge >= 0.3 is 39.5 Å². The zero-order valence-corrected chi connectivity index (χ0v) is 61.6. The summed E-state index contributed by atoms with van der Waals surface area (Å²) in [6.07, 6.45) is 51.3. The average molecular weight is 1350 g/mol. The van der Waals surface area contributed by atoms with Gasteiger partial charge in [-0.25, -0.2) is 9.13 Å². The molecular formula is C73H142O17P2. The lowest BCUT2D eigenvalue weighted by molar-refractivity contribution is -0.161. The minimum absolute atomic E-state index is 0.105. The lowest BCUT2D eigenvalue weighted by Crippen LogP contribution is -2.30. The van der Waals surface area contributed by atoms with Gasteiger partial charge in [0, 0.05) is 25.7 Å². The van der Waals surface area contributed by atoms with Gasteiger partial charge in [0.15, 0.2) is 12.2 Å². The van der Waals surface area contributed by atoms with Gasteiger partial charge in [-0.3, -0.25) is 37.3 Å². The molecular weight excluding hydrogens is 1210 g/mol. The van der Waals surface area contributed by atoms with Crippen molar-refractivity contribution in [2.45, 2.75) is 394 Å². The molecule has 0 heterocycles. The van der Waals surface area contributed by atoms with E-state index in [1.807, 2.05) is 0 Å². The van der Waals surface area contributed by atoms with E-state index in [9.17, 15) is 43.2 Å². The molecule has 3 N–H and O–H groups in total. The summed E-state index contributed by atoms with van der Waals surface area (Å²) in [5.74, 6) is -0.576. The number of rotatable bonds is 72. The predicted octanol–water partition coefficient (Wildman–Crippen LogP) is 21.2. The number of esters is 4. The molecule has 0 rings (SSSR count). The highest BCUT2D eigenvalue weighted by Gasteiger charge is 2.30. The summed E-state index contributed by atoms with van der Waals surface area (Å²) >= 11 is 0. The Morgan fingerprint density at radius 2 is 0.522 bits per heavy atom. The zero-order chi connectivity index (χ0) is 67.9. The third kappa shape index (κ3) is 64.1. The maximum Gasteiger partial charge on any atom is 0.472 e. The van der Waals surface area contributed by atoms with Crippen LogP contribution in [0.5, 0.6) is 0 Å². The van der Waals surface area contributed by atoms with E-state index in [1.54, 1.807) is 0 Å². The summed E-state index contributed by atoms with van der Waals surface area (Å²) in [5.41, 5.74) is 0. The number of unbranched alkanes of at least 4 members (excludes halogenated alkanes) is 40. The summed E-state index contributed by atoms with van der Waals surface area (Å²) in [7, 11) is -9.90. The van der Waals surface area contributed by atoms with Crippen LogP contribution >= 0.6 is 15.6 Å². The number of phosphoric acid groups is 2. The quantitative estimate of drug-likeness (QED) is 0.0222. The van der Waals surface area contributed by atoms with E-state index in [4.69, 9.17) is 37.0 Å². The predicted molar refractivity (Wildman–Crippen MR) is 372 cm³/mol. The van der Waals surface area contributed by atoms with Crippen molar-refractivity contribution in [3.05, 3.63) is 0 Å². The number of hydrogen-bond acceptors (Lipinski definition) is 15. The summed E-state index contributed by atoms with van der Waals surface area (Å²) in [4.78, 5) is 72.6. The molecule has 17 nitrogen and oxygen atoms in total. The van der Waals surface area contributed by atoms with Crippen LogP contribution in [0.15, 0.2) is 0 Å². The van der Waals surface area contributed by atoms with Gasteiger partial charge in [-0.15, -0.1) is 0 Å². The highest BCUT2D eigenvalue weighted by molar-refractivity contribution is 7.47. The number of ether oxygens (including phenoxy) is 4. The van der Waals surface area contributed by atoms with Crippen LogP contribution in [-0.2, 0) is 65.4 Å². The van der Waals surface area contributed by atoms with Gasteiger partial charge in [-0.05, 0) is 37.5 Å². The fourth-order valence-corrected chi connectivity index (χ4v) is 12.6. The Kier molecular flexibility index (Phi) is 63.7. The first kappa shape index (κ1) is 90.1. The normalized spacial score (nSPS) is 14.7. The molecule has 7 atom stereocenters. The molecule has 0 saturated heterocycles. The van der Waals surface area contributed by atoms with Crippen LogP contribution in [0.3, 0.4) is 0 Å². The first-order valence-electron chi connectivity index (χ1n) is 38.1. The fourth-order valence-electron chi connectivity index (χ4n) is 11.1. The van der Waals surface area contributed by atoms with Gasteiger partial charge < -0.3 is 33.8 Å². The molecule has 0 fully saturated rings. The van der Waals surface area contributed by atoms with Crippen LogP contribution < -0.4 is 0 Å². The number of aliphatic hydroxyl groups excluding tert-OH is 1. The van der Waals surface area contributed by atoms with Gasteiger partial charge in [0.1, 0.15) is 19.3 Å². The second-order valence-electron chi connectivity index (χ2n) is 26.8. The Labute approximate surface area is 562 Å². The van der Waals surface area contributed by atoms with E-state index in [1.165, 1.54) is 193 Å². The first-order valence-corrected chi connectivity index (χ1v) is 41.1. The molecule has 0 bridgehead atoms. The van der Waals surface area contributed by atoms with Crippen LogP contribution in [-0.4, -0.2) is 96.7 Å².